The molecule has 0 aliphatic rings. The third-order valence-corrected chi connectivity index (χ3v) is 3.77. The van der Waals surface area contributed by atoms with Crippen molar-refractivity contribution in [2.75, 3.05) is 12.3 Å². The van der Waals surface area contributed by atoms with E-state index in [1.54, 1.807) is 0 Å². The van der Waals surface area contributed by atoms with Gasteiger partial charge >= 0.3 is 0 Å². The van der Waals surface area contributed by atoms with Gasteiger partial charge in [-0.1, -0.05) is 13.0 Å². The molecule has 0 saturated carbocycles. The number of imidazole rings is 1. The Hall–Kier alpha value is -2.56. The number of nitrogens with two attached hydrogens (primary N) is 1. The van der Waals surface area contributed by atoms with Crippen molar-refractivity contribution in [2.45, 2.75) is 33.2 Å². The molecule has 0 aliphatic carbocycles. The molecule has 1 aromatic carbocycles. The number of hydrogen-bond acceptors (Lipinski definition) is 4. The Morgan fingerprint density at radius 3 is 2.91 bits per heavy atom. The van der Waals surface area contributed by atoms with Crippen LogP contribution in [0.2, 0.25) is 0 Å². The van der Waals surface area contributed by atoms with Crippen LogP contribution in [0.1, 0.15) is 24.7 Å². The summed E-state index contributed by atoms with van der Waals surface area (Å²) < 4.78 is 7.95. The molecule has 2 heterocycles. The van der Waals surface area contributed by atoms with Gasteiger partial charge in [0.2, 0.25) is 0 Å². The normalized spacial score (nSPS) is 11.0. The van der Waals surface area contributed by atoms with Gasteiger partial charge in [-0.25, -0.2) is 9.97 Å². The molecule has 0 radical (unpaired) electrons. The summed E-state index contributed by atoms with van der Waals surface area (Å²) in [4.78, 5) is 9.22. The first kappa shape index (κ1) is 15.3. The fourth-order valence-electron chi connectivity index (χ4n) is 2.68. The number of benzene rings is 1. The lowest BCUT2D eigenvalue weighted by molar-refractivity contribution is 0.302. The first-order valence-corrected chi connectivity index (χ1v) is 7.97. The molecule has 5 heteroatoms. The quantitative estimate of drug-likeness (QED) is 0.560. The number of fused-ring (bicyclic) bond motifs is 1. The topological polar surface area (TPSA) is 66.0 Å². The van der Waals surface area contributed by atoms with Crippen LogP contribution in [0.4, 0.5) is 5.69 Å². The molecule has 3 rings (SSSR count). The zero-order valence-corrected chi connectivity index (χ0v) is 13.6. The van der Waals surface area contributed by atoms with Crippen LogP contribution in [-0.4, -0.2) is 21.1 Å². The van der Waals surface area contributed by atoms with E-state index in [9.17, 15) is 0 Å². The molecule has 0 saturated heterocycles. The zero-order valence-electron chi connectivity index (χ0n) is 13.6. The number of anilines is 1. The van der Waals surface area contributed by atoms with E-state index in [-0.39, 0.29) is 0 Å². The summed E-state index contributed by atoms with van der Waals surface area (Å²) in [5.41, 5.74) is 9.53. The first-order valence-electron chi connectivity index (χ1n) is 7.97. The Kier molecular flexibility index (Phi) is 4.46. The predicted molar refractivity (Wildman–Crippen MR) is 92.6 cm³/mol. The van der Waals surface area contributed by atoms with Gasteiger partial charge in [-0.3, -0.25) is 0 Å². The number of aromatic nitrogens is 3. The Morgan fingerprint density at radius 2 is 2.13 bits per heavy atom. The van der Waals surface area contributed by atoms with Crippen molar-refractivity contribution in [3.05, 3.63) is 47.9 Å². The van der Waals surface area contributed by atoms with Crippen LogP contribution >= 0.6 is 0 Å². The second kappa shape index (κ2) is 6.69. The van der Waals surface area contributed by atoms with Gasteiger partial charge in [0, 0.05) is 30.9 Å². The van der Waals surface area contributed by atoms with Crippen molar-refractivity contribution in [3.63, 3.8) is 0 Å². The van der Waals surface area contributed by atoms with Crippen molar-refractivity contribution >= 4 is 16.9 Å². The van der Waals surface area contributed by atoms with Crippen molar-refractivity contribution in [1.82, 2.24) is 14.5 Å². The summed E-state index contributed by atoms with van der Waals surface area (Å²) in [5.74, 6) is 1.88. The smallest absolute Gasteiger partial charge is 0.160 e. The predicted octanol–water partition coefficient (Wildman–Crippen LogP) is 3.35. The van der Waals surface area contributed by atoms with Crippen LogP contribution in [0.3, 0.4) is 0 Å². The molecule has 0 bridgehead atoms. The molecule has 23 heavy (non-hydrogen) atoms. The van der Waals surface area contributed by atoms with Gasteiger partial charge in [0.15, 0.2) is 5.65 Å². The van der Waals surface area contributed by atoms with Crippen molar-refractivity contribution < 1.29 is 4.74 Å². The summed E-state index contributed by atoms with van der Waals surface area (Å²) in [6.45, 7) is 5.64. The molecule has 0 amide bonds. The summed E-state index contributed by atoms with van der Waals surface area (Å²) in [6, 6.07) is 9.60. The second-order valence-corrected chi connectivity index (χ2v) is 5.66. The number of ether oxygens (including phenoxy) is 1. The highest BCUT2D eigenvalue weighted by atomic mass is 16.5. The van der Waals surface area contributed by atoms with E-state index in [1.165, 1.54) is 0 Å². The Morgan fingerprint density at radius 1 is 1.26 bits per heavy atom. The lowest BCUT2D eigenvalue weighted by Gasteiger charge is -2.09. The number of hydrogen-bond donors (Lipinski definition) is 1. The fraction of sp³-hybridized carbons (Fsp3) is 0.333. The monoisotopic (exact) mass is 310 g/mol. The lowest BCUT2D eigenvalue weighted by atomic mass is 10.3. The maximum Gasteiger partial charge on any atom is 0.160 e. The van der Waals surface area contributed by atoms with E-state index in [0.717, 1.165) is 53.4 Å². The molecular weight excluding hydrogens is 288 g/mol. The summed E-state index contributed by atoms with van der Waals surface area (Å²) >= 11 is 0. The maximum absolute atomic E-state index is 5.76. The molecule has 5 nitrogen and oxygen atoms in total. The van der Waals surface area contributed by atoms with Crippen LogP contribution in [0.15, 0.2) is 36.5 Å². The molecule has 0 spiro atoms. The number of nitrogens with zero attached hydrogens (tertiary/aromatic N) is 3. The van der Waals surface area contributed by atoms with E-state index in [1.807, 2.05) is 37.4 Å². The number of rotatable bonds is 6. The maximum atomic E-state index is 5.76. The standard InChI is InChI=1S/C18H22N4O/c1-3-17-21-16-10-13(2)12-20-18(16)22(17)8-5-9-23-15-7-4-6-14(19)11-15/h4,6-7,10-12H,3,5,8-9,19H2,1-2H3. The average molecular weight is 310 g/mol. The van der Waals surface area contributed by atoms with Gasteiger partial charge in [-0.15, -0.1) is 0 Å². The third kappa shape index (κ3) is 3.44. The minimum Gasteiger partial charge on any atom is -0.493 e. The molecule has 0 fully saturated rings. The third-order valence-electron chi connectivity index (χ3n) is 3.77. The zero-order chi connectivity index (χ0) is 16.2. The first-order chi connectivity index (χ1) is 11.2. The Labute approximate surface area is 136 Å². The van der Waals surface area contributed by atoms with E-state index in [4.69, 9.17) is 10.5 Å². The molecule has 3 aromatic rings. The van der Waals surface area contributed by atoms with Gasteiger partial charge in [-0.2, -0.15) is 0 Å². The van der Waals surface area contributed by atoms with Crippen LogP contribution in [-0.2, 0) is 13.0 Å². The molecule has 0 unspecified atom stereocenters. The van der Waals surface area contributed by atoms with Crippen LogP contribution in [0, 0.1) is 6.92 Å². The number of pyridine rings is 1. The van der Waals surface area contributed by atoms with E-state index in [0.29, 0.717) is 6.61 Å². The molecule has 0 atom stereocenters. The largest absolute Gasteiger partial charge is 0.493 e. The molecule has 2 aromatic heterocycles. The molecular formula is C18H22N4O. The average Bonchev–Trinajstić information content (AvgIpc) is 2.88. The summed E-state index contributed by atoms with van der Waals surface area (Å²) in [6.07, 6.45) is 3.68. The minimum absolute atomic E-state index is 0.637. The number of aryl methyl sites for hydroxylation is 3. The SMILES string of the molecule is CCc1nc2cc(C)cnc2n1CCCOc1cccc(N)c1. The fourth-order valence-corrected chi connectivity index (χ4v) is 2.68. The van der Waals surface area contributed by atoms with Crippen LogP contribution in [0.5, 0.6) is 5.75 Å². The van der Waals surface area contributed by atoms with Crippen LogP contribution in [0.25, 0.3) is 11.2 Å². The highest BCUT2D eigenvalue weighted by Gasteiger charge is 2.10. The van der Waals surface area contributed by atoms with E-state index in [2.05, 4.69) is 27.5 Å². The van der Waals surface area contributed by atoms with Gasteiger partial charge in [0.05, 0.1) is 6.61 Å². The second-order valence-electron chi connectivity index (χ2n) is 5.66. The lowest BCUT2D eigenvalue weighted by Crippen LogP contribution is -2.08. The summed E-state index contributed by atoms with van der Waals surface area (Å²) in [5, 5.41) is 0. The molecule has 0 aliphatic heterocycles. The van der Waals surface area contributed by atoms with Gasteiger partial charge < -0.3 is 15.0 Å². The summed E-state index contributed by atoms with van der Waals surface area (Å²) in [7, 11) is 0. The highest BCUT2D eigenvalue weighted by Crippen LogP contribution is 2.17. The Balaban J connectivity index is 1.67. The van der Waals surface area contributed by atoms with E-state index >= 15 is 0 Å². The van der Waals surface area contributed by atoms with Crippen molar-refractivity contribution in [1.29, 1.82) is 0 Å². The van der Waals surface area contributed by atoms with Crippen LogP contribution < -0.4 is 10.5 Å². The Bertz CT molecular complexity index is 810. The minimum atomic E-state index is 0.637. The van der Waals surface area contributed by atoms with Crippen molar-refractivity contribution in [2.24, 2.45) is 0 Å². The number of nitrogen functional groups attached to an aromatic ring is 1. The van der Waals surface area contributed by atoms with Crippen molar-refractivity contribution in [3.8, 4) is 5.75 Å². The molecule has 2 N–H and O–H groups in total. The van der Waals surface area contributed by atoms with Gasteiger partial charge in [0.1, 0.15) is 17.1 Å². The van der Waals surface area contributed by atoms with Gasteiger partial charge in [0.25, 0.3) is 0 Å². The molecule has 120 valence electrons. The highest BCUT2D eigenvalue weighted by molar-refractivity contribution is 5.72. The van der Waals surface area contributed by atoms with E-state index < -0.39 is 0 Å². The van der Waals surface area contributed by atoms with Gasteiger partial charge in [-0.05, 0) is 37.1 Å².